The van der Waals surface area contributed by atoms with E-state index in [0.29, 0.717) is 0 Å². The van der Waals surface area contributed by atoms with Crippen molar-refractivity contribution in [2.45, 2.75) is 33.0 Å². The molecule has 0 radical (unpaired) electrons. The Morgan fingerprint density at radius 2 is 2.08 bits per heavy atom. The van der Waals surface area contributed by atoms with Crippen LogP contribution in [0.3, 0.4) is 0 Å². The first-order chi connectivity index (χ1) is 6.14. The zero-order valence-corrected chi connectivity index (χ0v) is 8.26. The smallest absolute Gasteiger partial charge is 0.248 e. The molecule has 1 unspecified atom stereocenters. The van der Waals surface area contributed by atoms with E-state index >= 15 is 0 Å². The Bertz CT molecular complexity index is 333. The van der Waals surface area contributed by atoms with Gasteiger partial charge in [-0.1, -0.05) is 19.1 Å². The van der Waals surface area contributed by atoms with E-state index in [1.165, 1.54) is 0 Å². The first-order valence-corrected chi connectivity index (χ1v) is 4.62. The lowest BCUT2D eigenvalue weighted by Gasteiger charge is -2.20. The van der Waals surface area contributed by atoms with E-state index in [9.17, 15) is 0 Å². The third kappa shape index (κ3) is 1.26. The molecule has 70 valence electrons. The van der Waals surface area contributed by atoms with Crippen LogP contribution in [0, 0.1) is 6.92 Å². The highest BCUT2D eigenvalue weighted by molar-refractivity contribution is 5.48. The van der Waals surface area contributed by atoms with Crippen molar-refractivity contribution in [2.75, 3.05) is 0 Å². The fourth-order valence-electron chi connectivity index (χ4n) is 1.45. The predicted octanol–water partition coefficient (Wildman–Crippen LogP) is 2.89. The van der Waals surface area contributed by atoms with Gasteiger partial charge in [0.25, 0.3) is 0 Å². The van der Waals surface area contributed by atoms with Crippen LogP contribution in [0.15, 0.2) is 18.2 Å². The van der Waals surface area contributed by atoms with Crippen molar-refractivity contribution in [2.24, 2.45) is 0 Å². The molecule has 2 heteroatoms. The molecule has 1 heterocycles. The summed E-state index contributed by atoms with van der Waals surface area (Å²) in [5.41, 5.74) is 1.13. The molecule has 0 spiro atoms. The van der Waals surface area contributed by atoms with Crippen molar-refractivity contribution in [3.05, 3.63) is 23.8 Å². The van der Waals surface area contributed by atoms with Gasteiger partial charge in [-0.3, -0.25) is 0 Å². The second-order valence-electron chi connectivity index (χ2n) is 3.59. The second kappa shape index (κ2) is 2.66. The Kier molecular flexibility index (Phi) is 1.72. The summed E-state index contributed by atoms with van der Waals surface area (Å²) in [6.45, 7) is 6.05. The fraction of sp³-hybridized carbons (Fsp3) is 0.455. The van der Waals surface area contributed by atoms with Gasteiger partial charge < -0.3 is 9.47 Å². The molecule has 13 heavy (non-hydrogen) atoms. The van der Waals surface area contributed by atoms with E-state index < -0.39 is 5.79 Å². The van der Waals surface area contributed by atoms with Crippen molar-refractivity contribution in [3.8, 4) is 11.5 Å². The Balaban J connectivity index is 2.40. The Hall–Kier alpha value is -1.18. The standard InChI is InChI=1S/C11H14O2/c1-4-11(3)12-9-7-5-6-8(2)10(9)13-11/h5-7H,4H2,1-3H3. The van der Waals surface area contributed by atoms with Gasteiger partial charge in [-0.05, 0) is 18.6 Å². The molecule has 0 aliphatic carbocycles. The number of aryl methyl sites for hydroxylation is 1. The molecule has 0 amide bonds. The number of rotatable bonds is 1. The third-order valence-electron chi connectivity index (χ3n) is 2.46. The molecule has 0 N–H and O–H groups in total. The Labute approximate surface area is 78.5 Å². The zero-order chi connectivity index (χ0) is 9.47. The van der Waals surface area contributed by atoms with Crippen molar-refractivity contribution >= 4 is 0 Å². The lowest BCUT2D eigenvalue weighted by molar-refractivity contribution is -0.0642. The first kappa shape index (κ1) is 8.42. The number of hydrogen-bond donors (Lipinski definition) is 0. The van der Waals surface area contributed by atoms with Crippen LogP contribution in [-0.2, 0) is 0 Å². The molecule has 0 saturated heterocycles. The maximum absolute atomic E-state index is 5.75. The van der Waals surface area contributed by atoms with Crippen molar-refractivity contribution in [1.82, 2.24) is 0 Å². The zero-order valence-electron chi connectivity index (χ0n) is 8.26. The summed E-state index contributed by atoms with van der Waals surface area (Å²) in [6.07, 6.45) is 0.848. The molecule has 1 aliphatic rings. The van der Waals surface area contributed by atoms with Crippen LogP contribution in [0.1, 0.15) is 25.8 Å². The average molecular weight is 178 g/mol. The third-order valence-corrected chi connectivity index (χ3v) is 2.46. The van der Waals surface area contributed by atoms with Gasteiger partial charge in [-0.25, -0.2) is 0 Å². The van der Waals surface area contributed by atoms with E-state index in [2.05, 4.69) is 6.92 Å². The first-order valence-electron chi connectivity index (χ1n) is 4.62. The second-order valence-corrected chi connectivity index (χ2v) is 3.59. The van der Waals surface area contributed by atoms with Crippen molar-refractivity contribution < 1.29 is 9.47 Å². The molecule has 2 nitrogen and oxygen atoms in total. The van der Waals surface area contributed by atoms with Crippen LogP contribution >= 0.6 is 0 Å². The van der Waals surface area contributed by atoms with Gasteiger partial charge in [0, 0.05) is 13.3 Å². The van der Waals surface area contributed by atoms with Gasteiger partial charge in [0.15, 0.2) is 11.5 Å². The number of hydrogen-bond acceptors (Lipinski definition) is 2. The molecule has 0 aromatic heterocycles. The highest BCUT2D eigenvalue weighted by Crippen LogP contribution is 2.42. The summed E-state index contributed by atoms with van der Waals surface area (Å²) in [7, 11) is 0. The number of benzene rings is 1. The minimum atomic E-state index is -0.464. The number of fused-ring (bicyclic) bond motifs is 1. The fourth-order valence-corrected chi connectivity index (χ4v) is 1.45. The molecule has 2 rings (SSSR count). The van der Waals surface area contributed by atoms with Gasteiger partial charge in [0.05, 0.1) is 0 Å². The van der Waals surface area contributed by atoms with Crippen LogP contribution in [0.5, 0.6) is 11.5 Å². The molecular weight excluding hydrogens is 164 g/mol. The molecule has 0 bridgehead atoms. The minimum absolute atomic E-state index is 0.464. The lowest BCUT2D eigenvalue weighted by Crippen LogP contribution is -2.33. The average Bonchev–Trinajstić information content (AvgIpc) is 2.45. The molecule has 1 aromatic carbocycles. The largest absolute Gasteiger partial charge is 0.449 e. The van der Waals surface area contributed by atoms with E-state index in [-0.39, 0.29) is 0 Å². The topological polar surface area (TPSA) is 18.5 Å². The van der Waals surface area contributed by atoms with Crippen molar-refractivity contribution in [1.29, 1.82) is 0 Å². The summed E-state index contributed by atoms with van der Waals surface area (Å²) in [5.74, 6) is 1.30. The van der Waals surface area contributed by atoms with Gasteiger partial charge in [0.1, 0.15) is 0 Å². The van der Waals surface area contributed by atoms with Crippen LogP contribution < -0.4 is 9.47 Å². The monoisotopic (exact) mass is 178 g/mol. The molecule has 0 fully saturated rings. The van der Waals surface area contributed by atoms with E-state index in [1.54, 1.807) is 0 Å². The molecule has 0 saturated carbocycles. The summed E-state index contributed by atoms with van der Waals surface area (Å²) in [4.78, 5) is 0. The number of para-hydroxylation sites is 1. The highest BCUT2D eigenvalue weighted by Gasteiger charge is 2.35. The SMILES string of the molecule is CCC1(C)Oc2cccc(C)c2O1. The summed E-state index contributed by atoms with van der Waals surface area (Å²) in [6, 6.07) is 5.96. The molecule has 1 atom stereocenters. The highest BCUT2D eigenvalue weighted by atomic mass is 16.7. The van der Waals surface area contributed by atoms with Crippen LogP contribution in [0.4, 0.5) is 0 Å². The van der Waals surface area contributed by atoms with Gasteiger partial charge in [-0.15, -0.1) is 0 Å². The molecule has 1 aliphatic heterocycles. The summed E-state index contributed by atoms with van der Waals surface area (Å²) >= 11 is 0. The quantitative estimate of drug-likeness (QED) is 0.658. The number of ether oxygens (including phenoxy) is 2. The molecule has 1 aromatic rings. The van der Waals surface area contributed by atoms with Crippen LogP contribution in [0.25, 0.3) is 0 Å². The summed E-state index contributed by atoms with van der Waals surface area (Å²) < 4.78 is 11.5. The van der Waals surface area contributed by atoms with E-state index in [0.717, 1.165) is 23.5 Å². The Morgan fingerprint density at radius 1 is 1.31 bits per heavy atom. The minimum Gasteiger partial charge on any atom is -0.449 e. The van der Waals surface area contributed by atoms with Crippen molar-refractivity contribution in [3.63, 3.8) is 0 Å². The predicted molar refractivity (Wildman–Crippen MR) is 51.1 cm³/mol. The van der Waals surface area contributed by atoms with Gasteiger partial charge in [0.2, 0.25) is 5.79 Å². The molecular formula is C11H14O2. The van der Waals surface area contributed by atoms with Crippen LogP contribution in [0.2, 0.25) is 0 Å². The maximum atomic E-state index is 5.75. The lowest BCUT2D eigenvalue weighted by atomic mass is 10.2. The summed E-state index contributed by atoms with van der Waals surface area (Å²) in [5, 5.41) is 0. The van der Waals surface area contributed by atoms with Gasteiger partial charge in [-0.2, -0.15) is 0 Å². The van der Waals surface area contributed by atoms with E-state index in [4.69, 9.17) is 9.47 Å². The normalized spacial score (nSPS) is 24.8. The Morgan fingerprint density at radius 3 is 2.69 bits per heavy atom. The van der Waals surface area contributed by atoms with E-state index in [1.807, 2.05) is 32.0 Å². The van der Waals surface area contributed by atoms with Gasteiger partial charge >= 0.3 is 0 Å². The maximum Gasteiger partial charge on any atom is 0.248 e. The van der Waals surface area contributed by atoms with Crippen LogP contribution in [-0.4, -0.2) is 5.79 Å².